The molecule has 6 heteroatoms. The quantitative estimate of drug-likeness (QED) is 0.0321. The maximum atomic E-state index is 12.5. The van der Waals surface area contributed by atoms with Crippen molar-refractivity contribution in [1.82, 2.24) is 5.32 Å². The fourth-order valence-electron chi connectivity index (χ4n) is 9.25. The standard InChI is InChI=1S/C62H117NO5/c1-3-5-7-9-11-13-15-17-27-31-34-38-42-46-50-54-60(65)59(58-64)63-61(66)55-51-47-43-39-35-32-28-25-23-21-19-18-20-22-24-26-29-33-37-41-45-49-53-57-68-62(67)56-52-48-44-40-36-30-16-14-12-10-8-6-4-2/h18,20-21,23,50,54,59-60,64-65H,3-17,19,22,24-49,51-53,55-58H2,1-2H3,(H,63,66)/b20-18-,23-21-,54-50+. The van der Waals surface area contributed by atoms with E-state index < -0.39 is 12.1 Å². The molecule has 0 aromatic carbocycles. The van der Waals surface area contributed by atoms with Gasteiger partial charge in [0.05, 0.1) is 25.4 Å². The van der Waals surface area contributed by atoms with Gasteiger partial charge in [-0.05, 0) is 64.2 Å². The molecule has 0 spiro atoms. The minimum absolute atomic E-state index is 0.00794. The Morgan fingerprint density at radius 1 is 0.412 bits per heavy atom. The van der Waals surface area contributed by atoms with Crippen LogP contribution in [-0.4, -0.2) is 47.4 Å². The van der Waals surface area contributed by atoms with Crippen molar-refractivity contribution in [2.45, 2.75) is 334 Å². The van der Waals surface area contributed by atoms with Crippen LogP contribution in [0.25, 0.3) is 0 Å². The third-order valence-corrected chi connectivity index (χ3v) is 13.9. The van der Waals surface area contributed by atoms with Gasteiger partial charge in [-0.2, -0.15) is 0 Å². The Bertz CT molecular complexity index is 1100. The molecule has 0 aromatic rings. The van der Waals surface area contributed by atoms with Gasteiger partial charge >= 0.3 is 5.97 Å². The van der Waals surface area contributed by atoms with Gasteiger partial charge in [-0.15, -0.1) is 0 Å². The van der Waals surface area contributed by atoms with Crippen LogP contribution in [0, 0.1) is 0 Å². The number of aliphatic hydroxyl groups is 2. The van der Waals surface area contributed by atoms with Crippen molar-refractivity contribution in [2.24, 2.45) is 0 Å². The lowest BCUT2D eigenvalue weighted by Gasteiger charge is -2.20. The predicted molar refractivity (Wildman–Crippen MR) is 296 cm³/mol. The molecule has 0 radical (unpaired) electrons. The number of aliphatic hydroxyl groups excluding tert-OH is 2. The summed E-state index contributed by atoms with van der Waals surface area (Å²) in [5, 5.41) is 23.1. The third-order valence-electron chi connectivity index (χ3n) is 13.9. The van der Waals surface area contributed by atoms with E-state index in [4.69, 9.17) is 4.74 Å². The van der Waals surface area contributed by atoms with E-state index in [-0.39, 0.29) is 18.5 Å². The van der Waals surface area contributed by atoms with Crippen LogP contribution >= 0.6 is 0 Å². The highest BCUT2D eigenvalue weighted by Crippen LogP contribution is 2.17. The SMILES string of the molecule is CCCCCCCCCCCCCCC/C=C/C(O)C(CO)NC(=O)CCCCCCCCC/C=C\C/C=C\CCCCCCCCCCCOC(=O)CCCCCCCCCCCCCCC. The van der Waals surface area contributed by atoms with E-state index in [0.29, 0.717) is 19.4 Å². The summed E-state index contributed by atoms with van der Waals surface area (Å²) in [5.41, 5.74) is 0. The average molecular weight is 957 g/mol. The maximum absolute atomic E-state index is 12.5. The van der Waals surface area contributed by atoms with Gasteiger partial charge in [0.2, 0.25) is 5.91 Å². The van der Waals surface area contributed by atoms with Crippen LogP contribution < -0.4 is 5.32 Å². The number of allylic oxidation sites excluding steroid dienone is 5. The summed E-state index contributed by atoms with van der Waals surface area (Å²) < 4.78 is 5.47. The zero-order valence-electron chi connectivity index (χ0n) is 45.6. The molecule has 0 aliphatic carbocycles. The molecule has 0 saturated heterocycles. The first-order valence-corrected chi connectivity index (χ1v) is 30.3. The number of amides is 1. The Balaban J connectivity index is 3.47. The van der Waals surface area contributed by atoms with E-state index in [9.17, 15) is 19.8 Å². The van der Waals surface area contributed by atoms with Gasteiger partial charge in [0, 0.05) is 12.8 Å². The lowest BCUT2D eigenvalue weighted by Crippen LogP contribution is -2.45. The average Bonchev–Trinajstić information content (AvgIpc) is 3.34. The number of carbonyl (C=O) groups is 2. The minimum atomic E-state index is -0.851. The summed E-state index contributed by atoms with van der Waals surface area (Å²) in [6.07, 6.45) is 71.7. The second-order valence-corrected chi connectivity index (χ2v) is 20.7. The van der Waals surface area contributed by atoms with Crippen molar-refractivity contribution in [2.75, 3.05) is 13.2 Å². The number of carbonyl (C=O) groups excluding carboxylic acids is 2. The maximum Gasteiger partial charge on any atom is 0.305 e. The van der Waals surface area contributed by atoms with Gasteiger partial charge in [0.25, 0.3) is 0 Å². The van der Waals surface area contributed by atoms with E-state index >= 15 is 0 Å². The Hall–Kier alpha value is -1.92. The molecule has 0 saturated carbocycles. The summed E-state index contributed by atoms with van der Waals surface area (Å²) in [5.74, 6) is -0.0696. The van der Waals surface area contributed by atoms with Crippen LogP contribution in [0.4, 0.5) is 0 Å². The Morgan fingerprint density at radius 3 is 1.12 bits per heavy atom. The first kappa shape index (κ1) is 66.1. The number of nitrogens with one attached hydrogen (secondary N) is 1. The molecule has 0 aliphatic rings. The molecule has 0 aliphatic heterocycles. The fourth-order valence-corrected chi connectivity index (χ4v) is 9.25. The van der Waals surface area contributed by atoms with E-state index in [1.807, 2.05) is 6.08 Å². The lowest BCUT2D eigenvalue weighted by molar-refractivity contribution is -0.143. The highest BCUT2D eigenvalue weighted by molar-refractivity contribution is 5.76. The van der Waals surface area contributed by atoms with Crippen LogP contribution in [0.5, 0.6) is 0 Å². The summed E-state index contributed by atoms with van der Waals surface area (Å²) >= 11 is 0. The number of unbranched alkanes of at least 4 members (excludes halogenated alkanes) is 41. The molecule has 2 atom stereocenters. The highest BCUT2D eigenvalue weighted by atomic mass is 16.5. The molecule has 0 heterocycles. The Kier molecular flexibility index (Phi) is 56.0. The summed E-state index contributed by atoms with van der Waals surface area (Å²) in [6, 6.07) is -0.635. The zero-order valence-corrected chi connectivity index (χ0v) is 45.6. The normalized spacial score (nSPS) is 12.8. The lowest BCUT2D eigenvalue weighted by atomic mass is 10.0. The zero-order chi connectivity index (χ0) is 49.3. The monoisotopic (exact) mass is 956 g/mol. The smallest absolute Gasteiger partial charge is 0.305 e. The van der Waals surface area contributed by atoms with Crippen LogP contribution in [0.1, 0.15) is 322 Å². The molecule has 3 N–H and O–H groups in total. The fraction of sp³-hybridized carbons (Fsp3) is 0.871. The second kappa shape index (κ2) is 57.7. The summed E-state index contributed by atoms with van der Waals surface area (Å²) in [6.45, 7) is 4.90. The van der Waals surface area contributed by atoms with Crippen LogP contribution in [0.2, 0.25) is 0 Å². The molecule has 1 amide bonds. The Labute approximate surface area is 424 Å². The predicted octanol–water partition coefficient (Wildman–Crippen LogP) is 18.8. The van der Waals surface area contributed by atoms with E-state index in [0.717, 1.165) is 57.8 Å². The van der Waals surface area contributed by atoms with Crippen LogP contribution in [0.3, 0.4) is 0 Å². The van der Waals surface area contributed by atoms with Crippen LogP contribution in [-0.2, 0) is 14.3 Å². The largest absolute Gasteiger partial charge is 0.466 e. The Morgan fingerprint density at radius 2 is 0.735 bits per heavy atom. The van der Waals surface area contributed by atoms with Gasteiger partial charge in [-0.3, -0.25) is 9.59 Å². The summed E-state index contributed by atoms with van der Waals surface area (Å²) in [7, 11) is 0. The van der Waals surface area contributed by atoms with Crippen molar-refractivity contribution >= 4 is 11.9 Å². The number of hydrogen-bond donors (Lipinski definition) is 3. The second-order valence-electron chi connectivity index (χ2n) is 20.7. The van der Waals surface area contributed by atoms with Gasteiger partial charge in [0.15, 0.2) is 0 Å². The molecule has 2 unspecified atom stereocenters. The summed E-state index contributed by atoms with van der Waals surface area (Å²) in [4.78, 5) is 24.5. The highest BCUT2D eigenvalue weighted by Gasteiger charge is 2.18. The molecule has 0 fully saturated rings. The van der Waals surface area contributed by atoms with Crippen molar-refractivity contribution in [3.05, 3.63) is 36.5 Å². The van der Waals surface area contributed by atoms with Crippen molar-refractivity contribution < 1.29 is 24.5 Å². The van der Waals surface area contributed by atoms with Gasteiger partial charge in [-0.1, -0.05) is 281 Å². The van der Waals surface area contributed by atoms with Crippen molar-refractivity contribution in [3.8, 4) is 0 Å². The van der Waals surface area contributed by atoms with E-state index in [2.05, 4.69) is 43.5 Å². The van der Waals surface area contributed by atoms with E-state index in [1.165, 1.54) is 238 Å². The molecule has 68 heavy (non-hydrogen) atoms. The topological polar surface area (TPSA) is 95.9 Å². The molecule has 0 bridgehead atoms. The first-order chi connectivity index (χ1) is 33.5. The molecule has 0 aromatic heterocycles. The van der Waals surface area contributed by atoms with Crippen LogP contribution in [0.15, 0.2) is 36.5 Å². The third kappa shape index (κ3) is 53.4. The van der Waals surface area contributed by atoms with Gasteiger partial charge < -0.3 is 20.3 Å². The first-order valence-electron chi connectivity index (χ1n) is 30.3. The van der Waals surface area contributed by atoms with Gasteiger partial charge in [0.1, 0.15) is 0 Å². The number of hydrogen-bond acceptors (Lipinski definition) is 5. The van der Waals surface area contributed by atoms with Crippen molar-refractivity contribution in [1.29, 1.82) is 0 Å². The molecule has 0 rings (SSSR count). The van der Waals surface area contributed by atoms with Crippen molar-refractivity contribution in [3.63, 3.8) is 0 Å². The number of ether oxygens (including phenoxy) is 1. The molecular formula is C62H117NO5. The van der Waals surface area contributed by atoms with Gasteiger partial charge in [-0.25, -0.2) is 0 Å². The minimum Gasteiger partial charge on any atom is -0.466 e. The molecule has 6 nitrogen and oxygen atoms in total. The number of rotatable bonds is 56. The molecular weight excluding hydrogens is 839 g/mol. The molecule has 400 valence electrons. The van der Waals surface area contributed by atoms with E-state index in [1.54, 1.807) is 6.08 Å². The number of esters is 1.